The highest BCUT2D eigenvalue weighted by molar-refractivity contribution is 5.92. The Hall–Kier alpha value is -2.25. The van der Waals surface area contributed by atoms with Crippen LogP contribution < -0.4 is 0 Å². The molecule has 6 nitrogen and oxygen atoms in total. The predicted molar refractivity (Wildman–Crippen MR) is 83.7 cm³/mol. The molecule has 3 rings (SSSR count). The van der Waals surface area contributed by atoms with E-state index in [0.717, 1.165) is 44.2 Å². The van der Waals surface area contributed by atoms with Crippen molar-refractivity contribution in [3.05, 3.63) is 36.2 Å². The maximum atomic E-state index is 12.7. The molecule has 1 fully saturated rings. The zero-order chi connectivity index (χ0) is 17.1. The van der Waals surface area contributed by atoms with Crippen LogP contribution in [-0.2, 0) is 6.54 Å². The second kappa shape index (κ2) is 7.11. The molecule has 130 valence electrons. The molecule has 1 aliphatic heterocycles. The van der Waals surface area contributed by atoms with Crippen molar-refractivity contribution in [2.24, 2.45) is 0 Å². The van der Waals surface area contributed by atoms with E-state index in [1.807, 2.05) is 13.1 Å². The summed E-state index contributed by atoms with van der Waals surface area (Å²) in [6.07, 6.45) is 8.58. The van der Waals surface area contributed by atoms with Gasteiger partial charge in [0.05, 0.1) is 0 Å². The van der Waals surface area contributed by atoms with Crippen LogP contribution in [0.2, 0.25) is 0 Å². The molecule has 1 amide bonds. The van der Waals surface area contributed by atoms with Crippen LogP contribution in [0.1, 0.15) is 48.5 Å². The second-order valence-corrected chi connectivity index (χ2v) is 6.06. The van der Waals surface area contributed by atoms with Crippen molar-refractivity contribution in [1.29, 1.82) is 0 Å². The summed E-state index contributed by atoms with van der Waals surface area (Å²) in [4.78, 5) is 18.6. The van der Waals surface area contributed by atoms with Crippen LogP contribution in [0.4, 0.5) is 8.78 Å². The number of piperidine rings is 1. The van der Waals surface area contributed by atoms with Crippen LogP contribution in [0, 0.1) is 6.92 Å². The number of halogens is 2. The van der Waals surface area contributed by atoms with Crippen LogP contribution in [0.15, 0.2) is 24.7 Å². The lowest BCUT2D eigenvalue weighted by atomic mass is 9.98. The molecule has 0 aromatic carbocycles. The van der Waals surface area contributed by atoms with Crippen molar-refractivity contribution in [2.45, 2.75) is 51.7 Å². The average molecular weight is 337 g/mol. The smallest absolute Gasteiger partial charge is 0.333 e. The van der Waals surface area contributed by atoms with Crippen molar-refractivity contribution < 1.29 is 13.6 Å². The van der Waals surface area contributed by atoms with Crippen LogP contribution >= 0.6 is 0 Å². The number of hydrogen-bond acceptors (Lipinski definition) is 3. The number of nitrogens with zero attached hydrogens (tertiary/aromatic N) is 5. The van der Waals surface area contributed by atoms with E-state index >= 15 is 0 Å². The number of amides is 1. The molecule has 8 heteroatoms. The number of carbonyl (C=O) groups excluding carboxylic acids is 1. The topological polar surface area (TPSA) is 56.0 Å². The standard InChI is InChI=1S/C16H21F2N5O/c1-12-19-7-11-21(12)9-5-13-4-2-3-8-22(13)15(24)14-6-10-23(20-14)16(17)18/h6-7,10-11,13,16H,2-5,8-9H2,1H3. The maximum Gasteiger partial charge on any atom is 0.333 e. The molecule has 1 unspecified atom stereocenters. The van der Waals surface area contributed by atoms with E-state index in [0.29, 0.717) is 11.2 Å². The first kappa shape index (κ1) is 16.6. The number of likely N-dealkylation sites (tertiary alicyclic amines) is 1. The van der Waals surface area contributed by atoms with E-state index in [1.54, 1.807) is 11.1 Å². The lowest BCUT2D eigenvalue weighted by molar-refractivity contribution is 0.0521. The molecule has 24 heavy (non-hydrogen) atoms. The summed E-state index contributed by atoms with van der Waals surface area (Å²) in [5.41, 5.74) is 0.0843. The fraction of sp³-hybridized carbons (Fsp3) is 0.562. The van der Waals surface area contributed by atoms with Crippen LogP contribution in [0.25, 0.3) is 0 Å². The zero-order valence-corrected chi connectivity index (χ0v) is 13.6. The van der Waals surface area contributed by atoms with Crippen LogP contribution in [0.5, 0.6) is 0 Å². The molecule has 1 saturated heterocycles. The molecule has 1 atom stereocenters. The number of hydrogen-bond donors (Lipinski definition) is 0. The summed E-state index contributed by atoms with van der Waals surface area (Å²) >= 11 is 0. The Morgan fingerprint density at radius 1 is 1.38 bits per heavy atom. The lowest BCUT2D eigenvalue weighted by Gasteiger charge is -2.35. The monoisotopic (exact) mass is 337 g/mol. The third kappa shape index (κ3) is 3.47. The van der Waals surface area contributed by atoms with Crippen molar-refractivity contribution in [2.75, 3.05) is 6.54 Å². The molecule has 0 aliphatic carbocycles. The van der Waals surface area contributed by atoms with Gasteiger partial charge in [-0.1, -0.05) is 0 Å². The number of rotatable bonds is 5. The quantitative estimate of drug-likeness (QED) is 0.843. The van der Waals surface area contributed by atoms with Gasteiger partial charge >= 0.3 is 6.55 Å². The highest BCUT2D eigenvalue weighted by atomic mass is 19.3. The fourth-order valence-corrected chi connectivity index (χ4v) is 3.20. The van der Waals surface area contributed by atoms with Gasteiger partial charge in [-0.3, -0.25) is 4.79 Å². The minimum atomic E-state index is -2.73. The van der Waals surface area contributed by atoms with Gasteiger partial charge in [-0.2, -0.15) is 13.9 Å². The van der Waals surface area contributed by atoms with Gasteiger partial charge in [0.25, 0.3) is 5.91 Å². The third-order valence-corrected chi connectivity index (χ3v) is 4.54. The zero-order valence-electron chi connectivity index (χ0n) is 13.6. The van der Waals surface area contributed by atoms with E-state index in [-0.39, 0.29) is 17.6 Å². The molecule has 0 spiro atoms. The average Bonchev–Trinajstić information content (AvgIpc) is 3.22. The van der Waals surface area contributed by atoms with Gasteiger partial charge in [0.15, 0.2) is 5.69 Å². The highest BCUT2D eigenvalue weighted by Gasteiger charge is 2.29. The first-order chi connectivity index (χ1) is 11.6. The van der Waals surface area contributed by atoms with Gasteiger partial charge in [0.1, 0.15) is 5.82 Å². The molecule has 2 aromatic heterocycles. The molecular weight excluding hydrogens is 316 g/mol. The minimum absolute atomic E-state index is 0.0843. The van der Waals surface area contributed by atoms with Crippen molar-refractivity contribution in [3.8, 4) is 0 Å². The third-order valence-electron chi connectivity index (χ3n) is 4.54. The summed E-state index contributed by atoms with van der Waals surface area (Å²) in [6, 6.07) is 1.46. The van der Waals surface area contributed by atoms with Crippen molar-refractivity contribution in [1.82, 2.24) is 24.2 Å². The molecule has 0 N–H and O–H groups in total. The SMILES string of the molecule is Cc1nccn1CCC1CCCCN1C(=O)c1ccn(C(F)F)n1. The van der Waals surface area contributed by atoms with Gasteiger partial charge in [-0.05, 0) is 38.7 Å². The largest absolute Gasteiger partial charge is 0.335 e. The van der Waals surface area contributed by atoms with E-state index in [1.165, 1.54) is 6.07 Å². The normalized spacial score (nSPS) is 18.3. The van der Waals surface area contributed by atoms with Crippen LogP contribution in [-0.4, -0.2) is 42.7 Å². The van der Waals surface area contributed by atoms with Gasteiger partial charge in [0, 0.05) is 37.7 Å². The second-order valence-electron chi connectivity index (χ2n) is 6.06. The summed E-state index contributed by atoms with van der Waals surface area (Å²) in [6.45, 7) is 0.647. The first-order valence-electron chi connectivity index (χ1n) is 8.18. The van der Waals surface area contributed by atoms with E-state index in [9.17, 15) is 13.6 Å². The molecule has 2 aromatic rings. The predicted octanol–water partition coefficient (Wildman–Crippen LogP) is 2.87. The molecule has 0 radical (unpaired) electrons. The highest BCUT2D eigenvalue weighted by Crippen LogP contribution is 2.23. The first-order valence-corrected chi connectivity index (χ1v) is 8.18. The Morgan fingerprint density at radius 3 is 2.88 bits per heavy atom. The van der Waals surface area contributed by atoms with Gasteiger partial charge < -0.3 is 9.47 Å². The Labute approximate surface area is 139 Å². The minimum Gasteiger partial charge on any atom is -0.335 e. The summed E-state index contributed by atoms with van der Waals surface area (Å²) in [5, 5.41) is 3.70. The lowest BCUT2D eigenvalue weighted by Crippen LogP contribution is -2.44. The van der Waals surface area contributed by atoms with Crippen molar-refractivity contribution >= 4 is 5.91 Å². The summed E-state index contributed by atoms with van der Waals surface area (Å²) in [7, 11) is 0. The van der Waals surface area contributed by atoms with Gasteiger partial charge in [0.2, 0.25) is 0 Å². The summed E-state index contributed by atoms with van der Waals surface area (Å²) < 4.78 is 27.9. The van der Waals surface area contributed by atoms with Crippen molar-refractivity contribution in [3.63, 3.8) is 0 Å². The van der Waals surface area contributed by atoms with E-state index < -0.39 is 6.55 Å². The maximum absolute atomic E-state index is 12.7. The molecule has 3 heterocycles. The van der Waals surface area contributed by atoms with Gasteiger partial charge in [-0.25, -0.2) is 9.67 Å². The number of aromatic nitrogens is 4. The van der Waals surface area contributed by atoms with E-state index in [4.69, 9.17) is 0 Å². The molecule has 1 aliphatic rings. The van der Waals surface area contributed by atoms with Crippen LogP contribution in [0.3, 0.4) is 0 Å². The number of carbonyl (C=O) groups is 1. The summed E-state index contributed by atoms with van der Waals surface area (Å²) in [5.74, 6) is 0.681. The fourth-order valence-electron chi connectivity index (χ4n) is 3.20. The number of alkyl halides is 2. The Kier molecular flexibility index (Phi) is 4.92. The van der Waals surface area contributed by atoms with Gasteiger partial charge in [-0.15, -0.1) is 0 Å². The molecular formula is C16H21F2N5O. The van der Waals surface area contributed by atoms with E-state index in [2.05, 4.69) is 14.6 Å². The molecule has 0 saturated carbocycles. The Bertz CT molecular complexity index is 696. The molecule has 0 bridgehead atoms. The number of aryl methyl sites for hydroxylation is 2. The Balaban J connectivity index is 1.69. The Morgan fingerprint density at radius 2 is 2.21 bits per heavy atom. The number of imidazole rings is 1.